The van der Waals surface area contributed by atoms with Crippen LogP contribution in [0.4, 0.5) is 14.5 Å². The smallest absolute Gasteiger partial charge is 0.252 e. The fourth-order valence-electron chi connectivity index (χ4n) is 4.95. The first-order valence-corrected chi connectivity index (χ1v) is 10.5. The Bertz CT molecular complexity index is 1380. The van der Waals surface area contributed by atoms with Crippen LogP contribution in [0.25, 0.3) is 22.0 Å². The summed E-state index contributed by atoms with van der Waals surface area (Å²) < 4.78 is 32.1. The zero-order valence-corrected chi connectivity index (χ0v) is 17.4. The third-order valence-corrected chi connectivity index (χ3v) is 6.62. The first kappa shape index (κ1) is 19.1. The van der Waals surface area contributed by atoms with Crippen LogP contribution in [0.15, 0.2) is 60.8 Å². The Morgan fingerprint density at radius 2 is 1.84 bits per heavy atom. The minimum absolute atomic E-state index is 0.119. The number of fused-ring (bicyclic) bond motifs is 3. The normalized spacial score (nSPS) is 19.6. The number of amides is 1. The van der Waals surface area contributed by atoms with Gasteiger partial charge in [-0.25, -0.2) is 8.78 Å². The molecule has 160 valence electrons. The number of para-hydroxylation sites is 1. The monoisotopic (exact) mass is 430 g/mol. The van der Waals surface area contributed by atoms with E-state index < -0.39 is 17.2 Å². The molecule has 5 nitrogen and oxygen atoms in total. The second-order valence-corrected chi connectivity index (χ2v) is 8.45. The molecule has 7 heteroatoms. The molecule has 6 rings (SSSR count). The van der Waals surface area contributed by atoms with Gasteiger partial charge in [0.15, 0.2) is 0 Å². The fraction of sp³-hybridized carbons (Fsp3) is 0.200. The van der Waals surface area contributed by atoms with Crippen LogP contribution >= 0.6 is 0 Å². The number of hydrogen-bond donors (Lipinski definition) is 1. The van der Waals surface area contributed by atoms with Crippen molar-refractivity contribution in [3.8, 4) is 11.1 Å². The lowest BCUT2D eigenvalue weighted by Gasteiger charge is -2.38. The molecule has 1 atom stereocenters. The molecular formula is C25H20F2N4O. The third kappa shape index (κ3) is 2.58. The molecule has 1 fully saturated rings. The maximum atomic E-state index is 15.2. The van der Waals surface area contributed by atoms with Crippen LogP contribution < -0.4 is 10.2 Å². The summed E-state index contributed by atoms with van der Waals surface area (Å²) in [6, 6.07) is 15.6. The molecule has 3 heterocycles. The van der Waals surface area contributed by atoms with Crippen molar-refractivity contribution in [1.82, 2.24) is 15.1 Å². The van der Waals surface area contributed by atoms with Crippen molar-refractivity contribution >= 4 is 22.5 Å². The van der Waals surface area contributed by atoms with Gasteiger partial charge in [0.1, 0.15) is 17.2 Å². The van der Waals surface area contributed by atoms with E-state index in [1.807, 2.05) is 55.7 Å². The summed E-state index contributed by atoms with van der Waals surface area (Å²) in [7, 11) is 1.81. The van der Waals surface area contributed by atoms with E-state index in [4.69, 9.17) is 0 Å². The van der Waals surface area contributed by atoms with Gasteiger partial charge in [0.2, 0.25) is 0 Å². The maximum absolute atomic E-state index is 15.2. The van der Waals surface area contributed by atoms with E-state index in [1.165, 1.54) is 17.0 Å². The van der Waals surface area contributed by atoms with Gasteiger partial charge in [0, 0.05) is 35.4 Å². The zero-order valence-electron chi connectivity index (χ0n) is 17.4. The second kappa shape index (κ2) is 6.71. The van der Waals surface area contributed by atoms with Crippen molar-refractivity contribution in [1.29, 1.82) is 0 Å². The number of benzene rings is 3. The summed E-state index contributed by atoms with van der Waals surface area (Å²) in [6.07, 6.45) is 2.51. The van der Waals surface area contributed by atoms with Crippen LogP contribution in [0.1, 0.15) is 17.5 Å². The Balaban J connectivity index is 1.40. The lowest BCUT2D eigenvalue weighted by molar-refractivity contribution is -0.127. The first-order valence-electron chi connectivity index (χ1n) is 10.5. The Labute approximate surface area is 183 Å². The molecule has 4 aromatic rings. The highest BCUT2D eigenvalue weighted by atomic mass is 19.1. The number of nitrogens with one attached hydrogen (secondary N) is 1. The number of nitrogens with zero attached hydrogens (tertiary/aromatic N) is 3. The number of aryl methyl sites for hydroxylation is 1. The molecular weight excluding hydrogens is 410 g/mol. The van der Waals surface area contributed by atoms with Gasteiger partial charge >= 0.3 is 0 Å². The lowest BCUT2D eigenvalue weighted by atomic mass is 9.82. The van der Waals surface area contributed by atoms with E-state index in [2.05, 4.69) is 10.4 Å². The molecule has 1 amide bonds. The van der Waals surface area contributed by atoms with Gasteiger partial charge in [-0.15, -0.1) is 0 Å². The Morgan fingerprint density at radius 3 is 2.56 bits per heavy atom. The van der Waals surface area contributed by atoms with Crippen LogP contribution in [-0.4, -0.2) is 22.2 Å². The standard InChI is InChI=1S/C25H20F2N4O/c1-30-13-17-16(5-4-7-22(17)29-30)15-11-20(26)18(21(27)12-15)14-31-23-8-3-2-6-19(23)25(24(31)32)9-10-28-25/h2-8,11-13,28H,9-10,14H2,1H3. The molecule has 2 aliphatic heterocycles. The number of hydrogen-bond acceptors (Lipinski definition) is 3. The van der Waals surface area contributed by atoms with Gasteiger partial charge < -0.3 is 4.90 Å². The van der Waals surface area contributed by atoms with E-state index in [0.29, 0.717) is 23.2 Å². The van der Waals surface area contributed by atoms with Gasteiger partial charge in [-0.3, -0.25) is 14.8 Å². The van der Waals surface area contributed by atoms with Gasteiger partial charge in [-0.1, -0.05) is 30.3 Å². The molecule has 0 radical (unpaired) electrons. The largest absolute Gasteiger partial charge is 0.306 e. The molecule has 0 aliphatic carbocycles. The molecule has 0 saturated carbocycles. The third-order valence-electron chi connectivity index (χ3n) is 6.62. The quantitative estimate of drug-likeness (QED) is 0.529. The summed E-state index contributed by atoms with van der Waals surface area (Å²) in [5.74, 6) is -1.50. The number of anilines is 1. The minimum Gasteiger partial charge on any atom is -0.306 e. The van der Waals surface area contributed by atoms with Gasteiger partial charge in [-0.2, -0.15) is 5.10 Å². The molecule has 1 saturated heterocycles. The van der Waals surface area contributed by atoms with Gasteiger partial charge in [0.25, 0.3) is 5.91 Å². The van der Waals surface area contributed by atoms with Crippen molar-refractivity contribution in [2.24, 2.45) is 7.05 Å². The highest BCUT2D eigenvalue weighted by Gasteiger charge is 2.54. The average Bonchev–Trinajstić information content (AvgIpc) is 3.24. The topological polar surface area (TPSA) is 50.2 Å². The molecule has 1 spiro atoms. The second-order valence-electron chi connectivity index (χ2n) is 8.45. The maximum Gasteiger partial charge on any atom is 0.252 e. The average molecular weight is 430 g/mol. The lowest BCUT2D eigenvalue weighted by Crippen LogP contribution is -2.59. The van der Waals surface area contributed by atoms with Crippen molar-refractivity contribution in [2.45, 2.75) is 18.5 Å². The SMILES string of the molecule is Cn1cc2c(-c3cc(F)c(CN4C(=O)C5(CCN5)c5ccccc54)c(F)c3)cccc2n1. The summed E-state index contributed by atoms with van der Waals surface area (Å²) in [6.45, 7) is 0.583. The highest BCUT2D eigenvalue weighted by molar-refractivity contribution is 6.08. The zero-order chi connectivity index (χ0) is 22.0. The van der Waals surface area contributed by atoms with Crippen LogP contribution in [-0.2, 0) is 23.9 Å². The number of carbonyl (C=O) groups is 1. The summed E-state index contributed by atoms with van der Waals surface area (Å²) >= 11 is 0. The molecule has 1 N–H and O–H groups in total. The van der Waals surface area contributed by atoms with Crippen molar-refractivity contribution in [3.63, 3.8) is 0 Å². The van der Waals surface area contributed by atoms with E-state index in [1.54, 1.807) is 4.68 Å². The number of halogens is 2. The molecule has 32 heavy (non-hydrogen) atoms. The van der Waals surface area contributed by atoms with E-state index in [9.17, 15) is 4.79 Å². The first-order chi connectivity index (χ1) is 15.5. The molecule has 0 bridgehead atoms. The predicted molar refractivity (Wildman–Crippen MR) is 118 cm³/mol. The van der Waals surface area contributed by atoms with E-state index in [0.717, 1.165) is 23.0 Å². The van der Waals surface area contributed by atoms with Crippen LogP contribution in [0.5, 0.6) is 0 Å². The van der Waals surface area contributed by atoms with Crippen LogP contribution in [0.2, 0.25) is 0 Å². The summed E-state index contributed by atoms with van der Waals surface area (Å²) in [5.41, 5.74) is 2.59. The van der Waals surface area contributed by atoms with E-state index >= 15 is 8.78 Å². The molecule has 1 unspecified atom stereocenters. The molecule has 3 aromatic carbocycles. The highest BCUT2D eigenvalue weighted by Crippen LogP contribution is 2.46. The number of carbonyl (C=O) groups excluding carboxylic acids is 1. The van der Waals surface area contributed by atoms with Crippen molar-refractivity contribution in [2.75, 3.05) is 11.4 Å². The summed E-state index contributed by atoms with van der Waals surface area (Å²) in [4.78, 5) is 14.7. The van der Waals surface area contributed by atoms with Crippen LogP contribution in [0.3, 0.4) is 0 Å². The fourth-order valence-corrected chi connectivity index (χ4v) is 4.95. The molecule has 2 aliphatic rings. The predicted octanol–water partition coefficient (Wildman–Crippen LogP) is 4.25. The number of rotatable bonds is 3. The van der Waals surface area contributed by atoms with Crippen LogP contribution in [0, 0.1) is 11.6 Å². The Kier molecular flexibility index (Phi) is 4.01. The van der Waals surface area contributed by atoms with E-state index in [-0.39, 0.29) is 18.0 Å². The van der Waals surface area contributed by atoms with Crippen molar-refractivity contribution in [3.05, 3.63) is 83.6 Å². The molecule has 1 aromatic heterocycles. The van der Waals surface area contributed by atoms with Gasteiger partial charge in [-0.05, 0) is 48.4 Å². The van der Waals surface area contributed by atoms with Gasteiger partial charge in [0.05, 0.1) is 12.1 Å². The Morgan fingerprint density at radius 1 is 1.09 bits per heavy atom. The summed E-state index contributed by atoms with van der Waals surface area (Å²) in [5, 5.41) is 8.42. The number of aromatic nitrogens is 2. The van der Waals surface area contributed by atoms with Crippen molar-refractivity contribution < 1.29 is 13.6 Å². The Hall–Kier alpha value is -3.58. The minimum atomic E-state index is -0.764.